The molecule has 0 aromatic rings. The van der Waals surface area contributed by atoms with Gasteiger partial charge in [-0.3, -0.25) is 14.4 Å². The van der Waals surface area contributed by atoms with Gasteiger partial charge in [0.05, 0.1) is 43.9 Å². The highest BCUT2D eigenvalue weighted by molar-refractivity contribution is 5.70. The molecule has 440 valence electrons. The van der Waals surface area contributed by atoms with Crippen molar-refractivity contribution in [3.05, 3.63) is 0 Å². The first kappa shape index (κ1) is 72.2. The second kappa shape index (κ2) is 52.0. The van der Waals surface area contributed by atoms with Crippen LogP contribution in [0.3, 0.4) is 0 Å². The molecule has 0 radical (unpaired) electrons. The summed E-state index contributed by atoms with van der Waals surface area (Å²) in [5.74, 6) is 1.29. The number of aliphatic hydroxyl groups is 3. The van der Waals surface area contributed by atoms with Gasteiger partial charge < -0.3 is 34.3 Å². The first-order valence-electron chi connectivity index (χ1n) is 31.7. The summed E-state index contributed by atoms with van der Waals surface area (Å²) in [6, 6.07) is 0. The summed E-state index contributed by atoms with van der Waals surface area (Å²) in [6.07, 6.45) is 48.2. The maximum absolute atomic E-state index is 13.0. The Kier molecular flexibility index (Phi) is 50.7. The van der Waals surface area contributed by atoms with E-state index < -0.39 is 30.7 Å². The van der Waals surface area contributed by atoms with Crippen LogP contribution in [0.5, 0.6) is 0 Å². The molecule has 0 bridgehead atoms. The number of carbonyl (C=O) groups excluding carboxylic acids is 3. The lowest BCUT2D eigenvalue weighted by Crippen LogP contribution is -2.45. The number of carbonyl (C=O) groups is 3. The van der Waals surface area contributed by atoms with Gasteiger partial charge in [0.1, 0.15) is 19.8 Å². The third-order valence-corrected chi connectivity index (χ3v) is 15.2. The van der Waals surface area contributed by atoms with E-state index in [-0.39, 0.29) is 70.2 Å². The number of aliphatic hydroxyl groups excluding tert-OH is 3. The number of rotatable bonds is 58. The van der Waals surface area contributed by atoms with Crippen LogP contribution in [-0.4, -0.2) is 86.1 Å². The Morgan fingerprint density at radius 3 is 0.689 bits per heavy atom. The highest BCUT2D eigenvalue weighted by Crippen LogP contribution is 2.25. The minimum atomic E-state index is -1.28. The Morgan fingerprint density at radius 1 is 0.284 bits per heavy atom. The molecule has 0 aromatic carbocycles. The predicted octanol–water partition coefficient (Wildman–Crippen LogP) is 16.9. The fraction of sp³-hybridized carbons (Fsp3) is 0.953. The number of hydrogen-bond acceptors (Lipinski definition) is 10. The van der Waals surface area contributed by atoms with Gasteiger partial charge in [0.15, 0.2) is 0 Å². The Hall–Kier alpha value is -1.75. The number of esters is 3. The second-order valence-corrected chi connectivity index (χ2v) is 24.5. The zero-order valence-corrected chi connectivity index (χ0v) is 49.8. The SMILES string of the molecule is CC(C)CCCCCCCCCCCCCCC(=O)OCC(CO)(CO)COCC(CO)(COC(=O)CCCCCCCCCCCCCCC(C)C)COC(=O)CCCCCCCCCCCCCCC(C)C. The van der Waals surface area contributed by atoms with Crippen LogP contribution in [0.4, 0.5) is 0 Å². The lowest BCUT2D eigenvalue weighted by molar-refractivity contribution is -0.165. The molecule has 0 saturated carbocycles. The molecule has 0 saturated heterocycles. The highest BCUT2D eigenvalue weighted by atomic mass is 16.6. The minimum Gasteiger partial charge on any atom is -0.465 e. The van der Waals surface area contributed by atoms with Gasteiger partial charge in [-0.1, -0.05) is 273 Å². The van der Waals surface area contributed by atoms with E-state index >= 15 is 0 Å². The van der Waals surface area contributed by atoms with Crippen LogP contribution in [0.15, 0.2) is 0 Å². The van der Waals surface area contributed by atoms with Gasteiger partial charge >= 0.3 is 17.9 Å². The molecule has 0 rings (SSSR count). The van der Waals surface area contributed by atoms with Gasteiger partial charge in [0.25, 0.3) is 0 Å². The van der Waals surface area contributed by atoms with Gasteiger partial charge in [-0.2, -0.15) is 0 Å². The smallest absolute Gasteiger partial charge is 0.305 e. The maximum atomic E-state index is 13.0. The number of hydrogen-bond donors (Lipinski definition) is 3. The van der Waals surface area contributed by atoms with Crippen LogP contribution < -0.4 is 0 Å². The lowest BCUT2D eigenvalue weighted by atomic mass is 9.90. The molecule has 0 amide bonds. The van der Waals surface area contributed by atoms with E-state index in [1.165, 1.54) is 193 Å². The Labute approximate surface area is 457 Å². The fourth-order valence-electron chi connectivity index (χ4n) is 9.71. The summed E-state index contributed by atoms with van der Waals surface area (Å²) in [5, 5.41) is 31.5. The van der Waals surface area contributed by atoms with Gasteiger partial charge in [0.2, 0.25) is 0 Å². The molecule has 0 spiro atoms. The van der Waals surface area contributed by atoms with Crippen molar-refractivity contribution in [1.82, 2.24) is 0 Å². The third-order valence-electron chi connectivity index (χ3n) is 15.2. The summed E-state index contributed by atoms with van der Waals surface area (Å²) < 4.78 is 23.0. The van der Waals surface area contributed by atoms with Gasteiger partial charge in [-0.05, 0) is 37.0 Å². The van der Waals surface area contributed by atoms with Crippen LogP contribution in [-0.2, 0) is 33.3 Å². The van der Waals surface area contributed by atoms with E-state index in [1.807, 2.05) is 0 Å². The van der Waals surface area contributed by atoms with Crippen LogP contribution in [0.2, 0.25) is 0 Å². The van der Waals surface area contributed by atoms with Crippen molar-refractivity contribution < 1.29 is 48.7 Å². The van der Waals surface area contributed by atoms with Gasteiger partial charge in [-0.25, -0.2) is 0 Å². The number of ether oxygens (including phenoxy) is 4. The Balaban J connectivity index is 4.88. The topological polar surface area (TPSA) is 149 Å². The van der Waals surface area contributed by atoms with Crippen molar-refractivity contribution in [2.24, 2.45) is 28.6 Å². The summed E-state index contributed by atoms with van der Waals surface area (Å²) in [7, 11) is 0. The third kappa shape index (κ3) is 47.5. The molecule has 0 aliphatic carbocycles. The largest absolute Gasteiger partial charge is 0.465 e. The molecule has 0 unspecified atom stereocenters. The summed E-state index contributed by atoms with van der Waals surface area (Å²) in [4.78, 5) is 38.7. The maximum Gasteiger partial charge on any atom is 0.305 e. The average molecular weight is 1050 g/mol. The molecule has 74 heavy (non-hydrogen) atoms. The normalized spacial score (nSPS) is 12.2. The van der Waals surface area contributed by atoms with Crippen molar-refractivity contribution >= 4 is 17.9 Å². The van der Waals surface area contributed by atoms with E-state index in [2.05, 4.69) is 41.5 Å². The van der Waals surface area contributed by atoms with Gasteiger partial charge in [-0.15, -0.1) is 0 Å². The van der Waals surface area contributed by atoms with E-state index in [0.717, 1.165) is 75.5 Å². The van der Waals surface area contributed by atoms with E-state index in [9.17, 15) is 29.7 Å². The molecular weight excluding hydrogens is 929 g/mol. The van der Waals surface area contributed by atoms with Crippen molar-refractivity contribution in [3.63, 3.8) is 0 Å². The van der Waals surface area contributed by atoms with Crippen LogP contribution >= 0.6 is 0 Å². The highest BCUT2D eigenvalue weighted by Gasteiger charge is 2.37. The molecule has 10 heteroatoms. The zero-order valence-electron chi connectivity index (χ0n) is 49.8. The second-order valence-electron chi connectivity index (χ2n) is 24.5. The fourth-order valence-corrected chi connectivity index (χ4v) is 9.71. The Morgan fingerprint density at radius 2 is 0.473 bits per heavy atom. The molecule has 3 N–H and O–H groups in total. The first-order chi connectivity index (χ1) is 35.8. The zero-order chi connectivity index (χ0) is 54.6. The molecule has 0 aliphatic rings. The molecule has 0 aliphatic heterocycles. The van der Waals surface area contributed by atoms with Crippen molar-refractivity contribution in [2.75, 3.05) is 52.9 Å². The predicted molar refractivity (Wildman–Crippen MR) is 308 cm³/mol. The minimum absolute atomic E-state index is 0.172. The van der Waals surface area contributed by atoms with E-state index in [1.54, 1.807) is 0 Å². The molecular formula is C64H124O10. The summed E-state index contributed by atoms with van der Waals surface area (Å²) in [5.41, 5.74) is -2.54. The summed E-state index contributed by atoms with van der Waals surface area (Å²) in [6.45, 7) is 11.3. The first-order valence-corrected chi connectivity index (χ1v) is 31.7. The lowest BCUT2D eigenvalue weighted by Gasteiger charge is -2.34. The van der Waals surface area contributed by atoms with Crippen LogP contribution in [0.1, 0.15) is 311 Å². The number of unbranched alkanes of at least 4 members (excludes halogenated alkanes) is 33. The standard InChI is InChI=1S/C64H124O10/c1-57(2)43-37-31-25-19-13-7-10-16-22-28-34-40-46-60(68)72-54-63(49-65,50-66)52-71-53-64(51-67,55-73-61(69)47-41-35-29-23-17-11-8-14-20-26-32-38-44-58(3)4)56-74-62(70)48-42-36-30-24-18-12-9-15-21-27-33-39-45-59(5)6/h57-59,65-67H,7-56H2,1-6H3. The molecule has 0 heterocycles. The molecule has 0 aromatic heterocycles. The van der Waals surface area contributed by atoms with E-state index in [4.69, 9.17) is 18.9 Å². The average Bonchev–Trinajstić information content (AvgIpc) is 3.38. The molecule has 10 nitrogen and oxygen atoms in total. The molecule has 0 atom stereocenters. The van der Waals surface area contributed by atoms with Crippen molar-refractivity contribution in [3.8, 4) is 0 Å². The monoisotopic (exact) mass is 1050 g/mol. The molecule has 0 fully saturated rings. The van der Waals surface area contributed by atoms with E-state index in [0.29, 0.717) is 0 Å². The van der Waals surface area contributed by atoms with Crippen LogP contribution in [0.25, 0.3) is 0 Å². The van der Waals surface area contributed by atoms with Crippen molar-refractivity contribution in [2.45, 2.75) is 311 Å². The van der Waals surface area contributed by atoms with Gasteiger partial charge in [0, 0.05) is 19.3 Å². The van der Waals surface area contributed by atoms with Crippen LogP contribution in [0, 0.1) is 28.6 Å². The summed E-state index contributed by atoms with van der Waals surface area (Å²) >= 11 is 0. The van der Waals surface area contributed by atoms with Crippen molar-refractivity contribution in [1.29, 1.82) is 0 Å². The Bertz CT molecular complexity index is 1180. The quantitative estimate of drug-likeness (QED) is 0.0305.